The first kappa shape index (κ1) is 10.7. The van der Waals surface area contributed by atoms with Gasteiger partial charge in [-0.1, -0.05) is 6.07 Å². The van der Waals surface area contributed by atoms with Crippen LogP contribution in [0.1, 0.15) is 5.56 Å². The van der Waals surface area contributed by atoms with Crippen LogP contribution in [0.25, 0.3) is 0 Å². The van der Waals surface area contributed by atoms with Crippen LogP contribution in [0.4, 0.5) is 13.2 Å². The highest BCUT2D eigenvalue weighted by molar-refractivity contribution is 5.43. The number of alkyl halides is 3. The van der Waals surface area contributed by atoms with Gasteiger partial charge >= 0.3 is 6.36 Å². The Morgan fingerprint density at radius 3 is 2.21 bits per heavy atom. The quantitative estimate of drug-likeness (QED) is 0.740. The molecule has 0 fully saturated rings. The van der Waals surface area contributed by atoms with E-state index in [4.69, 9.17) is 4.74 Å². The van der Waals surface area contributed by atoms with Gasteiger partial charge in [-0.3, -0.25) is 0 Å². The third-order valence-electron chi connectivity index (χ3n) is 1.68. The van der Waals surface area contributed by atoms with Gasteiger partial charge < -0.3 is 9.47 Å². The SMILES string of the molecule is COc1cccc(OC(F)(F)F)c1C. The molecule has 0 heterocycles. The van der Waals surface area contributed by atoms with Gasteiger partial charge in [-0.05, 0) is 19.1 Å². The lowest BCUT2D eigenvalue weighted by Gasteiger charge is -2.13. The number of benzene rings is 1. The lowest BCUT2D eigenvalue weighted by molar-refractivity contribution is -0.274. The maximum absolute atomic E-state index is 11.9. The second-order valence-corrected chi connectivity index (χ2v) is 2.63. The molecule has 0 bridgehead atoms. The largest absolute Gasteiger partial charge is 0.573 e. The average molecular weight is 206 g/mol. The van der Waals surface area contributed by atoms with Crippen LogP contribution < -0.4 is 9.47 Å². The van der Waals surface area contributed by atoms with E-state index in [0.29, 0.717) is 11.3 Å². The van der Waals surface area contributed by atoms with Crippen molar-refractivity contribution in [2.75, 3.05) is 7.11 Å². The fourth-order valence-electron chi connectivity index (χ4n) is 1.05. The fourth-order valence-corrected chi connectivity index (χ4v) is 1.05. The zero-order valence-corrected chi connectivity index (χ0v) is 7.68. The molecule has 78 valence electrons. The number of hydrogen-bond donors (Lipinski definition) is 0. The Morgan fingerprint density at radius 2 is 1.71 bits per heavy atom. The van der Waals surface area contributed by atoms with E-state index in [-0.39, 0.29) is 5.75 Å². The van der Waals surface area contributed by atoms with Crippen LogP contribution in [0.3, 0.4) is 0 Å². The Bertz CT molecular complexity index is 320. The summed E-state index contributed by atoms with van der Waals surface area (Å²) >= 11 is 0. The number of methoxy groups -OCH3 is 1. The van der Waals surface area contributed by atoms with Crippen molar-refractivity contribution in [3.63, 3.8) is 0 Å². The summed E-state index contributed by atoms with van der Waals surface area (Å²) in [7, 11) is 1.39. The molecule has 0 spiro atoms. The monoisotopic (exact) mass is 206 g/mol. The van der Waals surface area contributed by atoms with Gasteiger partial charge in [0.05, 0.1) is 7.11 Å². The van der Waals surface area contributed by atoms with E-state index in [2.05, 4.69) is 4.74 Å². The molecule has 0 radical (unpaired) electrons. The van der Waals surface area contributed by atoms with Crippen molar-refractivity contribution in [2.45, 2.75) is 13.3 Å². The molecule has 0 unspecified atom stereocenters. The van der Waals surface area contributed by atoms with Crippen molar-refractivity contribution in [3.8, 4) is 11.5 Å². The summed E-state index contributed by atoms with van der Waals surface area (Å²) < 4.78 is 44.3. The second kappa shape index (κ2) is 3.77. The summed E-state index contributed by atoms with van der Waals surface area (Å²) in [5, 5.41) is 0. The van der Waals surface area contributed by atoms with E-state index < -0.39 is 6.36 Å². The number of ether oxygens (including phenoxy) is 2. The van der Waals surface area contributed by atoms with Crippen molar-refractivity contribution in [2.24, 2.45) is 0 Å². The standard InChI is InChI=1S/C9H9F3O2/c1-6-7(13-2)4-3-5-8(6)14-9(10,11)12/h3-5H,1-2H3. The van der Waals surface area contributed by atoms with Crippen LogP contribution >= 0.6 is 0 Å². The van der Waals surface area contributed by atoms with Gasteiger partial charge in [-0.2, -0.15) is 0 Å². The van der Waals surface area contributed by atoms with Crippen LogP contribution in [0.2, 0.25) is 0 Å². The Balaban J connectivity index is 2.98. The van der Waals surface area contributed by atoms with E-state index in [1.807, 2.05) is 0 Å². The molecule has 0 saturated carbocycles. The summed E-state index contributed by atoms with van der Waals surface area (Å²) in [4.78, 5) is 0. The average Bonchev–Trinajstić information content (AvgIpc) is 2.06. The molecule has 0 aliphatic rings. The summed E-state index contributed by atoms with van der Waals surface area (Å²) in [6.07, 6.45) is -4.67. The Morgan fingerprint density at radius 1 is 1.14 bits per heavy atom. The number of hydrogen-bond acceptors (Lipinski definition) is 2. The lowest BCUT2D eigenvalue weighted by atomic mass is 10.2. The molecule has 0 aliphatic carbocycles. The Labute approximate surface area is 79.2 Å². The van der Waals surface area contributed by atoms with Crippen LogP contribution in [0.15, 0.2) is 18.2 Å². The molecular formula is C9H9F3O2. The first-order chi connectivity index (χ1) is 6.44. The highest BCUT2D eigenvalue weighted by Crippen LogP contribution is 2.31. The highest BCUT2D eigenvalue weighted by atomic mass is 19.4. The van der Waals surface area contributed by atoms with Crippen LogP contribution in [-0.4, -0.2) is 13.5 Å². The first-order valence-corrected chi connectivity index (χ1v) is 3.83. The van der Waals surface area contributed by atoms with Gasteiger partial charge in [0.25, 0.3) is 0 Å². The molecule has 14 heavy (non-hydrogen) atoms. The molecule has 0 amide bonds. The molecule has 1 rings (SSSR count). The number of halogens is 3. The predicted molar refractivity (Wildman–Crippen MR) is 44.4 cm³/mol. The van der Waals surface area contributed by atoms with E-state index in [1.54, 1.807) is 6.07 Å². The minimum absolute atomic E-state index is 0.239. The molecule has 0 N–H and O–H groups in total. The van der Waals surface area contributed by atoms with Crippen LogP contribution in [-0.2, 0) is 0 Å². The van der Waals surface area contributed by atoms with Crippen molar-refractivity contribution >= 4 is 0 Å². The Kier molecular flexibility index (Phi) is 2.88. The third kappa shape index (κ3) is 2.55. The zero-order valence-electron chi connectivity index (χ0n) is 7.68. The maximum Gasteiger partial charge on any atom is 0.573 e. The van der Waals surface area contributed by atoms with Crippen molar-refractivity contribution in [3.05, 3.63) is 23.8 Å². The van der Waals surface area contributed by atoms with Gasteiger partial charge in [0.2, 0.25) is 0 Å². The molecule has 1 aromatic rings. The molecular weight excluding hydrogens is 197 g/mol. The van der Waals surface area contributed by atoms with Gasteiger partial charge in [0.15, 0.2) is 0 Å². The smallest absolute Gasteiger partial charge is 0.496 e. The molecule has 2 nitrogen and oxygen atoms in total. The van der Waals surface area contributed by atoms with Crippen LogP contribution in [0.5, 0.6) is 11.5 Å². The normalized spacial score (nSPS) is 11.2. The topological polar surface area (TPSA) is 18.5 Å². The van der Waals surface area contributed by atoms with Gasteiger partial charge in [-0.25, -0.2) is 0 Å². The fraction of sp³-hybridized carbons (Fsp3) is 0.333. The van der Waals surface area contributed by atoms with Crippen molar-refractivity contribution in [1.82, 2.24) is 0 Å². The number of rotatable bonds is 2. The zero-order chi connectivity index (χ0) is 10.8. The third-order valence-corrected chi connectivity index (χ3v) is 1.68. The van der Waals surface area contributed by atoms with Crippen molar-refractivity contribution < 1.29 is 22.6 Å². The summed E-state index contributed by atoms with van der Waals surface area (Å²) in [5.41, 5.74) is 0.326. The summed E-state index contributed by atoms with van der Waals surface area (Å²) in [6, 6.07) is 4.25. The van der Waals surface area contributed by atoms with Gasteiger partial charge in [-0.15, -0.1) is 13.2 Å². The van der Waals surface area contributed by atoms with E-state index >= 15 is 0 Å². The van der Waals surface area contributed by atoms with Gasteiger partial charge in [0, 0.05) is 5.56 Å². The second-order valence-electron chi connectivity index (χ2n) is 2.63. The lowest BCUT2D eigenvalue weighted by Crippen LogP contribution is -2.17. The van der Waals surface area contributed by atoms with Gasteiger partial charge in [0.1, 0.15) is 11.5 Å². The molecule has 1 aromatic carbocycles. The first-order valence-electron chi connectivity index (χ1n) is 3.83. The maximum atomic E-state index is 11.9. The Hall–Kier alpha value is -1.39. The molecule has 5 heteroatoms. The van der Waals surface area contributed by atoms with Crippen molar-refractivity contribution in [1.29, 1.82) is 0 Å². The van der Waals surface area contributed by atoms with E-state index in [1.165, 1.54) is 26.2 Å². The molecule has 0 aliphatic heterocycles. The molecule has 0 saturated heterocycles. The summed E-state index contributed by atoms with van der Waals surface area (Å²) in [5.74, 6) is 0.128. The van der Waals surface area contributed by atoms with E-state index in [9.17, 15) is 13.2 Å². The minimum Gasteiger partial charge on any atom is -0.496 e. The molecule has 0 aromatic heterocycles. The summed E-state index contributed by atoms with van der Waals surface area (Å²) in [6.45, 7) is 1.50. The molecule has 0 atom stereocenters. The minimum atomic E-state index is -4.67. The van der Waals surface area contributed by atoms with Crippen LogP contribution in [0, 0.1) is 6.92 Å². The van der Waals surface area contributed by atoms with E-state index in [0.717, 1.165) is 0 Å². The highest BCUT2D eigenvalue weighted by Gasteiger charge is 2.32. The predicted octanol–water partition coefficient (Wildman–Crippen LogP) is 2.90.